The second-order valence-corrected chi connectivity index (χ2v) is 7.78. The van der Waals surface area contributed by atoms with Crippen LogP contribution in [0, 0.1) is 5.92 Å². The Bertz CT molecular complexity index is 891. The average molecular weight is 572 g/mol. The van der Waals surface area contributed by atoms with Gasteiger partial charge in [-0.15, -0.1) is 24.0 Å². The van der Waals surface area contributed by atoms with Gasteiger partial charge < -0.3 is 20.3 Å². The van der Waals surface area contributed by atoms with Crippen LogP contribution in [-0.2, 0) is 17.8 Å². The van der Waals surface area contributed by atoms with Crippen LogP contribution in [0.25, 0.3) is 0 Å². The van der Waals surface area contributed by atoms with Crippen molar-refractivity contribution in [2.24, 2.45) is 10.9 Å². The molecule has 3 rings (SSSR count). The molecule has 1 saturated heterocycles. The number of guanidine groups is 1. The second-order valence-electron chi connectivity index (χ2n) is 7.78. The van der Waals surface area contributed by atoms with Gasteiger partial charge in [-0.3, -0.25) is 9.79 Å². The first-order valence-electron chi connectivity index (χ1n) is 10.8. The Kier molecular flexibility index (Phi) is 11.4. The fourth-order valence-corrected chi connectivity index (χ4v) is 3.87. The molecule has 0 bridgehead atoms. The second kappa shape index (κ2) is 14.0. The van der Waals surface area contributed by atoms with E-state index in [2.05, 4.69) is 44.6 Å². The van der Waals surface area contributed by atoms with Crippen LogP contribution in [0.15, 0.2) is 59.6 Å². The van der Waals surface area contributed by atoms with E-state index in [1.807, 2.05) is 11.0 Å². The van der Waals surface area contributed by atoms with Crippen LogP contribution in [0.5, 0.6) is 5.75 Å². The summed E-state index contributed by atoms with van der Waals surface area (Å²) in [7, 11) is 1.59. The summed E-state index contributed by atoms with van der Waals surface area (Å²) in [5.74, 6) is 1.15. The molecule has 0 aromatic heterocycles. The van der Waals surface area contributed by atoms with Crippen molar-refractivity contribution >= 4 is 35.8 Å². The molecule has 2 N–H and O–H groups in total. The predicted molar refractivity (Wildman–Crippen MR) is 136 cm³/mol. The third-order valence-electron chi connectivity index (χ3n) is 5.60. The van der Waals surface area contributed by atoms with Gasteiger partial charge in [-0.2, -0.15) is 8.78 Å². The Morgan fingerprint density at radius 2 is 1.76 bits per heavy atom. The van der Waals surface area contributed by atoms with Gasteiger partial charge in [-0.25, -0.2) is 0 Å². The minimum atomic E-state index is -2.89. The van der Waals surface area contributed by atoms with E-state index in [0.29, 0.717) is 17.4 Å². The molecule has 180 valence electrons. The lowest BCUT2D eigenvalue weighted by Crippen LogP contribution is -2.46. The number of amides is 1. The van der Waals surface area contributed by atoms with Crippen LogP contribution in [-0.4, -0.2) is 50.1 Å². The number of ether oxygens (including phenoxy) is 1. The molecule has 1 heterocycles. The normalized spacial score (nSPS) is 14.5. The van der Waals surface area contributed by atoms with Gasteiger partial charge in [0.2, 0.25) is 5.91 Å². The van der Waals surface area contributed by atoms with E-state index >= 15 is 0 Å². The van der Waals surface area contributed by atoms with Gasteiger partial charge in [0.15, 0.2) is 5.96 Å². The van der Waals surface area contributed by atoms with Crippen molar-refractivity contribution in [1.82, 2.24) is 15.5 Å². The number of hydrogen-bond acceptors (Lipinski definition) is 3. The lowest BCUT2D eigenvalue weighted by molar-refractivity contribution is -0.131. The van der Waals surface area contributed by atoms with E-state index in [-0.39, 0.29) is 48.7 Å². The van der Waals surface area contributed by atoms with Crippen molar-refractivity contribution in [3.05, 3.63) is 65.7 Å². The lowest BCUT2D eigenvalue weighted by Gasteiger charge is -2.32. The summed E-state index contributed by atoms with van der Waals surface area (Å²) in [5.41, 5.74) is 1.91. The third kappa shape index (κ3) is 8.79. The maximum absolute atomic E-state index is 12.6. The Hall–Kier alpha value is -2.43. The Morgan fingerprint density at radius 3 is 2.42 bits per heavy atom. The molecule has 1 aliphatic rings. The SMILES string of the molecule is CN=C(NCC(=O)N1CCC(Cc2ccccc2)CC1)NCc1ccccc1OC(F)F.I. The highest BCUT2D eigenvalue weighted by Gasteiger charge is 2.23. The number of hydrogen-bond donors (Lipinski definition) is 2. The number of aliphatic imine (C=N–C) groups is 1. The van der Waals surface area contributed by atoms with Gasteiger partial charge >= 0.3 is 6.61 Å². The van der Waals surface area contributed by atoms with Crippen molar-refractivity contribution in [2.45, 2.75) is 32.4 Å². The molecule has 9 heteroatoms. The van der Waals surface area contributed by atoms with Crippen LogP contribution >= 0.6 is 24.0 Å². The molecular formula is C24H31F2IN4O2. The molecule has 1 fully saturated rings. The van der Waals surface area contributed by atoms with E-state index in [1.165, 1.54) is 11.6 Å². The molecule has 1 aliphatic heterocycles. The number of benzene rings is 2. The number of carbonyl (C=O) groups excluding carboxylic acids is 1. The highest BCUT2D eigenvalue weighted by Crippen LogP contribution is 2.22. The molecule has 0 atom stereocenters. The predicted octanol–water partition coefficient (Wildman–Crippen LogP) is 4.05. The highest BCUT2D eigenvalue weighted by molar-refractivity contribution is 14.0. The molecule has 0 radical (unpaired) electrons. The van der Waals surface area contributed by atoms with Crippen molar-refractivity contribution in [3.63, 3.8) is 0 Å². The fourth-order valence-electron chi connectivity index (χ4n) is 3.87. The Labute approximate surface area is 210 Å². The number of piperidine rings is 1. The molecule has 1 amide bonds. The van der Waals surface area contributed by atoms with E-state index in [0.717, 1.165) is 32.4 Å². The Balaban J connectivity index is 0.00000385. The monoisotopic (exact) mass is 572 g/mol. The van der Waals surface area contributed by atoms with Crippen LogP contribution in [0.2, 0.25) is 0 Å². The number of halogens is 3. The van der Waals surface area contributed by atoms with Gasteiger partial charge in [-0.05, 0) is 36.8 Å². The summed E-state index contributed by atoms with van der Waals surface area (Å²) in [6, 6.07) is 17.0. The van der Waals surface area contributed by atoms with Crippen molar-refractivity contribution < 1.29 is 18.3 Å². The number of para-hydroxylation sites is 1. The summed E-state index contributed by atoms with van der Waals surface area (Å²) in [6.45, 7) is -1.02. The summed E-state index contributed by atoms with van der Waals surface area (Å²) < 4.78 is 29.7. The zero-order chi connectivity index (χ0) is 22.8. The van der Waals surface area contributed by atoms with Crippen LogP contribution in [0.1, 0.15) is 24.0 Å². The van der Waals surface area contributed by atoms with Crippen LogP contribution < -0.4 is 15.4 Å². The van der Waals surface area contributed by atoms with Gasteiger partial charge in [0.1, 0.15) is 5.75 Å². The smallest absolute Gasteiger partial charge is 0.387 e. The minimum absolute atomic E-state index is 0. The summed E-state index contributed by atoms with van der Waals surface area (Å²) >= 11 is 0. The molecule has 0 spiro atoms. The lowest BCUT2D eigenvalue weighted by atomic mass is 9.90. The fraction of sp³-hybridized carbons (Fsp3) is 0.417. The topological polar surface area (TPSA) is 66.0 Å². The van der Waals surface area contributed by atoms with Crippen molar-refractivity contribution in [2.75, 3.05) is 26.7 Å². The third-order valence-corrected chi connectivity index (χ3v) is 5.60. The minimum Gasteiger partial charge on any atom is -0.434 e. The maximum Gasteiger partial charge on any atom is 0.387 e. The number of carbonyl (C=O) groups is 1. The molecule has 2 aromatic carbocycles. The van der Waals surface area contributed by atoms with Gasteiger partial charge in [-0.1, -0.05) is 48.5 Å². The number of alkyl halides is 2. The molecule has 0 aliphatic carbocycles. The summed E-state index contributed by atoms with van der Waals surface area (Å²) in [4.78, 5) is 18.6. The molecule has 2 aromatic rings. The quantitative estimate of drug-likeness (QED) is 0.285. The number of likely N-dealkylation sites (tertiary alicyclic amines) is 1. The van der Waals surface area contributed by atoms with Crippen LogP contribution in [0.4, 0.5) is 8.78 Å². The molecule has 6 nitrogen and oxygen atoms in total. The largest absolute Gasteiger partial charge is 0.434 e. The number of nitrogens with zero attached hydrogens (tertiary/aromatic N) is 2. The van der Waals surface area contributed by atoms with E-state index in [9.17, 15) is 13.6 Å². The van der Waals surface area contributed by atoms with Crippen LogP contribution in [0.3, 0.4) is 0 Å². The Morgan fingerprint density at radius 1 is 1.09 bits per heavy atom. The van der Waals surface area contributed by atoms with E-state index in [4.69, 9.17) is 0 Å². The van der Waals surface area contributed by atoms with Crippen molar-refractivity contribution in [3.8, 4) is 5.75 Å². The van der Waals surface area contributed by atoms with E-state index in [1.54, 1.807) is 25.2 Å². The highest BCUT2D eigenvalue weighted by atomic mass is 127. The molecule has 0 saturated carbocycles. The summed E-state index contributed by atoms with van der Waals surface area (Å²) in [5, 5.41) is 6.04. The summed E-state index contributed by atoms with van der Waals surface area (Å²) in [6.07, 6.45) is 3.04. The van der Waals surface area contributed by atoms with Gasteiger partial charge in [0.25, 0.3) is 0 Å². The first-order chi connectivity index (χ1) is 15.5. The number of nitrogens with one attached hydrogen (secondary N) is 2. The zero-order valence-corrected chi connectivity index (χ0v) is 21.0. The first-order valence-corrected chi connectivity index (χ1v) is 10.8. The molecule has 33 heavy (non-hydrogen) atoms. The average Bonchev–Trinajstić information content (AvgIpc) is 2.81. The first kappa shape index (κ1) is 26.8. The van der Waals surface area contributed by atoms with Gasteiger partial charge in [0, 0.05) is 32.2 Å². The molecule has 0 unspecified atom stereocenters. The van der Waals surface area contributed by atoms with Gasteiger partial charge in [0.05, 0.1) is 6.54 Å². The molecular weight excluding hydrogens is 541 g/mol. The maximum atomic E-state index is 12.6. The van der Waals surface area contributed by atoms with Crippen molar-refractivity contribution in [1.29, 1.82) is 0 Å². The van der Waals surface area contributed by atoms with E-state index < -0.39 is 6.61 Å². The standard InChI is InChI=1S/C24H30F2N4O2.HI/c1-27-24(28-16-20-9-5-6-10-21(20)32-23(25)26)29-17-22(31)30-13-11-19(12-14-30)15-18-7-3-2-4-8-18;/h2-10,19,23H,11-17H2,1H3,(H2,27,28,29);1H. The zero-order valence-electron chi connectivity index (χ0n) is 18.7. The number of rotatable bonds is 8.